The number of rotatable bonds is 4. The molecule has 0 saturated carbocycles. The maximum atomic E-state index is 12.2. The molecule has 2 heterocycles. The topological polar surface area (TPSA) is 56.0 Å². The number of carbonyl (C=O) groups is 1. The normalized spacial score (nSPS) is 11.0. The van der Waals surface area contributed by atoms with Crippen LogP contribution in [0.4, 0.5) is 0 Å². The summed E-state index contributed by atoms with van der Waals surface area (Å²) in [5.74, 6) is -0.0803. The molecule has 0 spiro atoms. The Bertz CT molecular complexity index is 569. The molecule has 0 aromatic carbocycles. The third-order valence-electron chi connectivity index (χ3n) is 2.88. The van der Waals surface area contributed by atoms with E-state index in [1.54, 1.807) is 33.6 Å². The molecule has 102 valence electrons. The van der Waals surface area contributed by atoms with Crippen molar-refractivity contribution in [3.8, 4) is 0 Å². The average molecular weight is 261 g/mol. The fourth-order valence-electron chi connectivity index (χ4n) is 1.83. The minimum absolute atomic E-state index is 0.0803. The Morgan fingerprint density at radius 3 is 2.74 bits per heavy atom. The quantitative estimate of drug-likeness (QED) is 0.837. The van der Waals surface area contributed by atoms with Crippen molar-refractivity contribution in [1.29, 1.82) is 0 Å². The maximum absolute atomic E-state index is 12.2. The number of amides is 1. The number of hydrogen-bond donors (Lipinski definition) is 0. The monoisotopic (exact) mass is 261 g/mol. The molecule has 0 aliphatic rings. The van der Waals surface area contributed by atoms with Crippen LogP contribution in [0.1, 0.15) is 35.9 Å². The van der Waals surface area contributed by atoms with E-state index in [0.717, 1.165) is 5.56 Å². The van der Waals surface area contributed by atoms with E-state index in [1.807, 2.05) is 33.3 Å². The number of carbonyl (C=O) groups excluding carboxylic acids is 1. The van der Waals surface area contributed by atoms with E-state index >= 15 is 0 Å². The van der Waals surface area contributed by atoms with Gasteiger partial charge in [-0.25, -0.2) is 0 Å². The van der Waals surface area contributed by atoms with Gasteiger partial charge in [-0.2, -0.15) is 10.2 Å². The van der Waals surface area contributed by atoms with Crippen molar-refractivity contribution in [2.45, 2.75) is 26.4 Å². The van der Waals surface area contributed by atoms with Gasteiger partial charge in [0.1, 0.15) is 5.69 Å². The predicted molar refractivity (Wildman–Crippen MR) is 71.6 cm³/mol. The van der Waals surface area contributed by atoms with Crippen molar-refractivity contribution in [2.24, 2.45) is 7.05 Å². The Labute approximate surface area is 112 Å². The summed E-state index contributed by atoms with van der Waals surface area (Å²) in [7, 11) is 3.62. The highest BCUT2D eigenvalue weighted by Gasteiger charge is 2.16. The molecule has 0 aliphatic heterocycles. The molecule has 0 atom stereocenters. The maximum Gasteiger partial charge on any atom is 0.274 e. The van der Waals surface area contributed by atoms with E-state index in [9.17, 15) is 4.79 Å². The van der Waals surface area contributed by atoms with Crippen molar-refractivity contribution >= 4 is 5.91 Å². The van der Waals surface area contributed by atoms with Crippen LogP contribution < -0.4 is 0 Å². The van der Waals surface area contributed by atoms with E-state index in [2.05, 4.69) is 10.2 Å². The number of aryl methyl sites for hydroxylation is 1. The minimum Gasteiger partial charge on any atom is -0.336 e. The average Bonchev–Trinajstić information content (AvgIpc) is 2.97. The molecule has 6 nitrogen and oxygen atoms in total. The van der Waals surface area contributed by atoms with Crippen LogP contribution in [0.2, 0.25) is 0 Å². The van der Waals surface area contributed by atoms with Gasteiger partial charge in [0.05, 0.1) is 6.20 Å². The summed E-state index contributed by atoms with van der Waals surface area (Å²) in [6.07, 6.45) is 5.49. The SMILES string of the molecule is CC(C)n1ccc(C(=O)N(C)Cc2cnn(C)c2)n1. The van der Waals surface area contributed by atoms with Gasteiger partial charge in [0.15, 0.2) is 0 Å². The molecule has 0 radical (unpaired) electrons. The highest BCUT2D eigenvalue weighted by Crippen LogP contribution is 2.08. The molecule has 0 N–H and O–H groups in total. The van der Waals surface area contributed by atoms with Gasteiger partial charge < -0.3 is 4.90 Å². The van der Waals surface area contributed by atoms with Crippen molar-refractivity contribution < 1.29 is 4.79 Å². The highest BCUT2D eigenvalue weighted by molar-refractivity contribution is 5.91. The molecule has 19 heavy (non-hydrogen) atoms. The molecule has 2 aromatic rings. The van der Waals surface area contributed by atoms with Crippen molar-refractivity contribution in [3.63, 3.8) is 0 Å². The zero-order chi connectivity index (χ0) is 14.0. The van der Waals surface area contributed by atoms with Gasteiger partial charge in [0.25, 0.3) is 5.91 Å². The molecule has 0 aliphatic carbocycles. The third-order valence-corrected chi connectivity index (χ3v) is 2.88. The smallest absolute Gasteiger partial charge is 0.274 e. The lowest BCUT2D eigenvalue weighted by molar-refractivity contribution is 0.0778. The first kappa shape index (κ1) is 13.3. The molecule has 0 bridgehead atoms. The van der Waals surface area contributed by atoms with Gasteiger partial charge in [0, 0.05) is 44.6 Å². The minimum atomic E-state index is -0.0803. The summed E-state index contributed by atoms with van der Waals surface area (Å²) >= 11 is 0. The largest absolute Gasteiger partial charge is 0.336 e. The van der Waals surface area contributed by atoms with Gasteiger partial charge >= 0.3 is 0 Å². The lowest BCUT2D eigenvalue weighted by Gasteiger charge is -2.14. The third kappa shape index (κ3) is 3.01. The molecule has 2 aromatic heterocycles. The molecular formula is C13H19N5O. The van der Waals surface area contributed by atoms with E-state index in [4.69, 9.17) is 0 Å². The first-order chi connectivity index (χ1) is 8.97. The summed E-state index contributed by atoms with van der Waals surface area (Å²) in [4.78, 5) is 13.9. The predicted octanol–water partition coefficient (Wildman–Crippen LogP) is 1.47. The van der Waals surface area contributed by atoms with Crippen LogP contribution >= 0.6 is 0 Å². The van der Waals surface area contributed by atoms with E-state index in [-0.39, 0.29) is 11.9 Å². The zero-order valence-corrected chi connectivity index (χ0v) is 11.7. The summed E-state index contributed by atoms with van der Waals surface area (Å²) in [6.45, 7) is 4.59. The Morgan fingerprint density at radius 2 is 2.21 bits per heavy atom. The van der Waals surface area contributed by atoms with Crippen LogP contribution in [0.3, 0.4) is 0 Å². The van der Waals surface area contributed by atoms with Gasteiger partial charge in [-0.15, -0.1) is 0 Å². The molecule has 0 saturated heterocycles. The first-order valence-corrected chi connectivity index (χ1v) is 6.25. The number of nitrogens with zero attached hydrogens (tertiary/aromatic N) is 5. The van der Waals surface area contributed by atoms with Crippen LogP contribution in [0.25, 0.3) is 0 Å². The zero-order valence-electron chi connectivity index (χ0n) is 11.7. The van der Waals surface area contributed by atoms with Gasteiger partial charge in [0.2, 0.25) is 0 Å². The van der Waals surface area contributed by atoms with Crippen molar-refractivity contribution in [3.05, 3.63) is 35.9 Å². The Balaban J connectivity index is 2.05. The number of hydrogen-bond acceptors (Lipinski definition) is 3. The van der Waals surface area contributed by atoms with Crippen LogP contribution in [-0.4, -0.2) is 37.4 Å². The van der Waals surface area contributed by atoms with Crippen LogP contribution in [0.5, 0.6) is 0 Å². The second-order valence-corrected chi connectivity index (χ2v) is 4.96. The van der Waals surface area contributed by atoms with Gasteiger partial charge in [-0.05, 0) is 19.9 Å². The fraction of sp³-hybridized carbons (Fsp3) is 0.462. The summed E-state index contributed by atoms with van der Waals surface area (Å²) in [5, 5.41) is 8.37. The Hall–Kier alpha value is -2.11. The fourth-order valence-corrected chi connectivity index (χ4v) is 1.83. The lowest BCUT2D eigenvalue weighted by atomic mass is 10.3. The Morgan fingerprint density at radius 1 is 1.47 bits per heavy atom. The standard InChI is InChI=1S/C13H19N5O/c1-10(2)18-6-5-12(15-18)13(19)16(3)8-11-7-14-17(4)9-11/h5-7,9-10H,8H2,1-4H3. The molecular weight excluding hydrogens is 242 g/mol. The summed E-state index contributed by atoms with van der Waals surface area (Å²) in [5.41, 5.74) is 1.47. The van der Waals surface area contributed by atoms with Crippen molar-refractivity contribution in [2.75, 3.05) is 7.05 Å². The van der Waals surface area contributed by atoms with Gasteiger partial charge in [-0.3, -0.25) is 14.2 Å². The molecule has 0 unspecified atom stereocenters. The van der Waals surface area contributed by atoms with E-state index in [1.165, 1.54) is 0 Å². The van der Waals surface area contributed by atoms with Gasteiger partial charge in [-0.1, -0.05) is 0 Å². The van der Waals surface area contributed by atoms with E-state index < -0.39 is 0 Å². The van der Waals surface area contributed by atoms with Crippen molar-refractivity contribution in [1.82, 2.24) is 24.5 Å². The first-order valence-electron chi connectivity index (χ1n) is 6.25. The number of aromatic nitrogens is 4. The highest BCUT2D eigenvalue weighted by atomic mass is 16.2. The second-order valence-electron chi connectivity index (χ2n) is 4.96. The molecule has 6 heteroatoms. The van der Waals surface area contributed by atoms with Crippen LogP contribution in [0, 0.1) is 0 Å². The molecule has 1 amide bonds. The molecule has 2 rings (SSSR count). The Kier molecular flexibility index (Phi) is 3.69. The second kappa shape index (κ2) is 5.26. The van der Waals surface area contributed by atoms with Crippen LogP contribution in [-0.2, 0) is 13.6 Å². The van der Waals surface area contributed by atoms with Crippen LogP contribution in [0.15, 0.2) is 24.7 Å². The van der Waals surface area contributed by atoms with E-state index in [0.29, 0.717) is 12.2 Å². The molecule has 0 fully saturated rings. The summed E-state index contributed by atoms with van der Waals surface area (Å²) < 4.78 is 3.51. The lowest BCUT2D eigenvalue weighted by Crippen LogP contribution is -2.26. The summed E-state index contributed by atoms with van der Waals surface area (Å²) in [6, 6.07) is 2.01.